The highest BCUT2D eigenvalue weighted by Crippen LogP contribution is 2.27. The minimum absolute atomic E-state index is 0.0606. The summed E-state index contributed by atoms with van der Waals surface area (Å²) in [5.41, 5.74) is 7.44. The molecular weight excluding hydrogens is 376 g/mol. The number of aryl methyl sites for hydroxylation is 3. The van der Waals surface area contributed by atoms with E-state index >= 15 is 0 Å². The van der Waals surface area contributed by atoms with Crippen LogP contribution < -0.4 is 10.1 Å². The molecular formula is C25H24N2O3. The molecule has 0 spiro atoms. The highest BCUT2D eigenvalue weighted by atomic mass is 16.5. The highest BCUT2D eigenvalue weighted by molar-refractivity contribution is 5.94. The van der Waals surface area contributed by atoms with Crippen LogP contribution in [0.3, 0.4) is 0 Å². The molecule has 0 saturated carbocycles. The van der Waals surface area contributed by atoms with Gasteiger partial charge in [-0.25, -0.2) is 4.98 Å². The summed E-state index contributed by atoms with van der Waals surface area (Å²) in [6.45, 7) is 8.03. The first-order chi connectivity index (χ1) is 14.4. The first-order valence-electron chi connectivity index (χ1n) is 9.87. The number of benzene rings is 3. The van der Waals surface area contributed by atoms with Crippen LogP contribution in [0.25, 0.3) is 22.6 Å². The molecule has 30 heavy (non-hydrogen) atoms. The number of nitrogens with zero attached hydrogens (tertiary/aromatic N) is 1. The standard InChI is InChI=1S/C25H24N2O3/c1-15-10-16(2)12-19(11-15)25-27-21-13-20(8-9-23(21)30-25)26-24(28)14-29-22-7-5-6-17(3)18(22)4/h5-13H,14H2,1-4H3,(H,26,28). The topological polar surface area (TPSA) is 64.4 Å². The number of carbonyl (C=O) groups is 1. The lowest BCUT2D eigenvalue weighted by molar-refractivity contribution is -0.118. The third kappa shape index (κ3) is 4.20. The Morgan fingerprint density at radius 2 is 1.77 bits per heavy atom. The van der Waals surface area contributed by atoms with Crippen LogP contribution in [-0.2, 0) is 4.79 Å². The second-order valence-corrected chi connectivity index (χ2v) is 7.61. The average Bonchev–Trinajstić information content (AvgIpc) is 3.12. The van der Waals surface area contributed by atoms with E-state index in [4.69, 9.17) is 9.15 Å². The third-order valence-corrected chi connectivity index (χ3v) is 5.05. The van der Waals surface area contributed by atoms with E-state index in [0.717, 1.165) is 33.6 Å². The Morgan fingerprint density at radius 1 is 1.00 bits per heavy atom. The van der Waals surface area contributed by atoms with Gasteiger partial charge in [-0.05, 0) is 75.2 Å². The van der Waals surface area contributed by atoms with Crippen molar-refractivity contribution in [2.45, 2.75) is 27.7 Å². The summed E-state index contributed by atoms with van der Waals surface area (Å²) in [5.74, 6) is 1.06. The molecule has 3 aromatic carbocycles. The summed E-state index contributed by atoms with van der Waals surface area (Å²) in [4.78, 5) is 16.9. The molecule has 1 aromatic heterocycles. The van der Waals surface area contributed by atoms with Gasteiger partial charge in [0.25, 0.3) is 5.91 Å². The SMILES string of the molecule is Cc1cc(C)cc(-c2nc3cc(NC(=O)COc4cccc(C)c4C)ccc3o2)c1. The van der Waals surface area contributed by atoms with Crippen LogP contribution in [0.4, 0.5) is 5.69 Å². The number of nitrogens with one attached hydrogen (secondary N) is 1. The van der Waals surface area contributed by atoms with E-state index in [2.05, 4.69) is 16.4 Å². The number of rotatable bonds is 5. The third-order valence-electron chi connectivity index (χ3n) is 5.05. The van der Waals surface area contributed by atoms with Crippen LogP contribution >= 0.6 is 0 Å². The van der Waals surface area contributed by atoms with E-state index < -0.39 is 0 Å². The Morgan fingerprint density at radius 3 is 2.53 bits per heavy atom. The average molecular weight is 400 g/mol. The maximum atomic E-state index is 12.3. The van der Waals surface area contributed by atoms with Crippen LogP contribution in [0.5, 0.6) is 5.75 Å². The van der Waals surface area contributed by atoms with Gasteiger partial charge in [0, 0.05) is 11.3 Å². The van der Waals surface area contributed by atoms with Gasteiger partial charge in [-0.1, -0.05) is 29.3 Å². The molecule has 1 N–H and O–H groups in total. The van der Waals surface area contributed by atoms with Crippen molar-refractivity contribution < 1.29 is 13.9 Å². The van der Waals surface area contributed by atoms with Gasteiger partial charge >= 0.3 is 0 Å². The largest absolute Gasteiger partial charge is 0.483 e. The summed E-state index contributed by atoms with van der Waals surface area (Å²) >= 11 is 0. The lowest BCUT2D eigenvalue weighted by Crippen LogP contribution is -2.20. The minimum atomic E-state index is -0.228. The maximum Gasteiger partial charge on any atom is 0.262 e. The van der Waals surface area contributed by atoms with Crippen LogP contribution in [0.15, 0.2) is 59.0 Å². The number of amides is 1. The maximum absolute atomic E-state index is 12.3. The number of hydrogen-bond donors (Lipinski definition) is 1. The molecule has 152 valence electrons. The molecule has 0 radical (unpaired) electrons. The molecule has 0 bridgehead atoms. The van der Waals surface area contributed by atoms with Crippen LogP contribution in [-0.4, -0.2) is 17.5 Å². The van der Waals surface area contributed by atoms with E-state index in [1.54, 1.807) is 12.1 Å². The predicted molar refractivity (Wildman–Crippen MR) is 119 cm³/mol. The van der Waals surface area contributed by atoms with Crippen molar-refractivity contribution in [3.8, 4) is 17.2 Å². The number of hydrogen-bond acceptors (Lipinski definition) is 4. The van der Waals surface area contributed by atoms with Gasteiger partial charge in [-0.2, -0.15) is 0 Å². The van der Waals surface area contributed by atoms with Gasteiger partial charge in [-0.15, -0.1) is 0 Å². The Kier molecular flexibility index (Phi) is 5.27. The molecule has 5 nitrogen and oxygen atoms in total. The van der Waals surface area contributed by atoms with Crippen LogP contribution in [0, 0.1) is 27.7 Å². The van der Waals surface area contributed by atoms with E-state index in [1.165, 1.54) is 0 Å². The zero-order chi connectivity index (χ0) is 21.3. The fourth-order valence-electron chi connectivity index (χ4n) is 3.45. The van der Waals surface area contributed by atoms with Crippen molar-refractivity contribution in [2.75, 3.05) is 11.9 Å². The number of anilines is 1. The number of carbonyl (C=O) groups excluding carboxylic acids is 1. The lowest BCUT2D eigenvalue weighted by atomic mass is 10.1. The molecule has 0 fully saturated rings. The van der Waals surface area contributed by atoms with Crippen molar-refractivity contribution >= 4 is 22.7 Å². The Balaban J connectivity index is 1.48. The molecule has 0 unspecified atom stereocenters. The quantitative estimate of drug-likeness (QED) is 0.463. The van der Waals surface area contributed by atoms with E-state index in [1.807, 2.05) is 64.1 Å². The molecule has 5 heteroatoms. The van der Waals surface area contributed by atoms with Gasteiger partial charge in [0.2, 0.25) is 5.89 Å². The van der Waals surface area contributed by atoms with Crippen molar-refractivity contribution in [3.63, 3.8) is 0 Å². The van der Waals surface area contributed by atoms with Crippen LogP contribution in [0.2, 0.25) is 0 Å². The van der Waals surface area contributed by atoms with Gasteiger partial charge < -0.3 is 14.5 Å². The Bertz CT molecular complexity index is 1220. The predicted octanol–water partition coefficient (Wildman–Crippen LogP) is 5.75. The van der Waals surface area contributed by atoms with Crippen molar-refractivity contribution in [1.82, 2.24) is 4.98 Å². The van der Waals surface area contributed by atoms with Crippen molar-refractivity contribution in [2.24, 2.45) is 0 Å². The first kappa shape index (κ1) is 19.7. The van der Waals surface area contributed by atoms with E-state index in [0.29, 0.717) is 22.7 Å². The van der Waals surface area contributed by atoms with Gasteiger partial charge in [0.05, 0.1) is 0 Å². The van der Waals surface area contributed by atoms with Crippen molar-refractivity contribution in [3.05, 3.63) is 76.9 Å². The molecule has 0 atom stereocenters. The Labute approximate surface area is 175 Å². The summed E-state index contributed by atoms with van der Waals surface area (Å²) in [6.07, 6.45) is 0. The number of fused-ring (bicyclic) bond motifs is 1. The Hall–Kier alpha value is -3.60. The first-order valence-corrected chi connectivity index (χ1v) is 9.87. The van der Waals surface area contributed by atoms with Crippen molar-refractivity contribution in [1.29, 1.82) is 0 Å². The second-order valence-electron chi connectivity index (χ2n) is 7.61. The monoisotopic (exact) mass is 400 g/mol. The summed E-state index contributed by atoms with van der Waals surface area (Å²) in [5, 5.41) is 2.86. The number of ether oxygens (including phenoxy) is 1. The fourth-order valence-corrected chi connectivity index (χ4v) is 3.45. The summed E-state index contributed by atoms with van der Waals surface area (Å²) < 4.78 is 11.6. The molecule has 1 heterocycles. The van der Waals surface area contributed by atoms with Gasteiger partial charge in [-0.3, -0.25) is 4.79 Å². The highest BCUT2D eigenvalue weighted by Gasteiger charge is 2.11. The molecule has 0 saturated heterocycles. The lowest BCUT2D eigenvalue weighted by Gasteiger charge is -2.11. The molecule has 0 aliphatic rings. The van der Waals surface area contributed by atoms with Crippen LogP contribution in [0.1, 0.15) is 22.3 Å². The van der Waals surface area contributed by atoms with Gasteiger partial charge in [0.1, 0.15) is 11.3 Å². The second kappa shape index (κ2) is 8.03. The zero-order valence-electron chi connectivity index (χ0n) is 17.6. The minimum Gasteiger partial charge on any atom is -0.483 e. The number of aromatic nitrogens is 1. The molecule has 0 aliphatic heterocycles. The molecule has 1 amide bonds. The smallest absolute Gasteiger partial charge is 0.262 e. The zero-order valence-corrected chi connectivity index (χ0v) is 17.6. The molecule has 4 rings (SSSR count). The summed E-state index contributed by atoms with van der Waals surface area (Å²) in [7, 11) is 0. The van der Waals surface area contributed by atoms with E-state index in [9.17, 15) is 4.79 Å². The van der Waals surface area contributed by atoms with E-state index in [-0.39, 0.29) is 12.5 Å². The number of oxazole rings is 1. The summed E-state index contributed by atoms with van der Waals surface area (Å²) in [6, 6.07) is 17.4. The fraction of sp³-hybridized carbons (Fsp3) is 0.200. The molecule has 4 aromatic rings. The molecule has 0 aliphatic carbocycles. The van der Waals surface area contributed by atoms with Gasteiger partial charge in [0.15, 0.2) is 12.2 Å². The normalized spacial score (nSPS) is 10.9.